The summed E-state index contributed by atoms with van der Waals surface area (Å²) in [7, 11) is 2.72. The number of nitrogens with zero attached hydrogens (tertiary/aromatic N) is 1. The van der Waals surface area contributed by atoms with E-state index in [1.807, 2.05) is 24.3 Å². The molecule has 0 amide bonds. The maximum absolute atomic E-state index is 11.9. The van der Waals surface area contributed by atoms with Crippen molar-refractivity contribution in [1.82, 2.24) is 14.9 Å². The summed E-state index contributed by atoms with van der Waals surface area (Å²) in [6.07, 6.45) is 8.87. The molecule has 0 unspecified atom stereocenters. The van der Waals surface area contributed by atoms with Gasteiger partial charge in [0.05, 0.1) is 19.8 Å². The Morgan fingerprint density at radius 1 is 0.919 bits per heavy atom. The van der Waals surface area contributed by atoms with E-state index in [9.17, 15) is 9.59 Å². The van der Waals surface area contributed by atoms with E-state index in [2.05, 4.69) is 32.0 Å². The predicted octanol–water partition coefficient (Wildman–Crippen LogP) is 5.78. The average molecular weight is 504 g/mol. The molecule has 2 N–H and O–H groups in total. The molecule has 8 heteroatoms. The van der Waals surface area contributed by atoms with Crippen LogP contribution in [0.1, 0.15) is 53.1 Å². The summed E-state index contributed by atoms with van der Waals surface area (Å²) in [6, 6.07) is 11.3. The zero-order valence-corrected chi connectivity index (χ0v) is 21.3. The maximum Gasteiger partial charge on any atom is 0.513 e. The monoisotopic (exact) mass is 503 g/mol. The fourth-order valence-corrected chi connectivity index (χ4v) is 5.41. The van der Waals surface area contributed by atoms with Gasteiger partial charge in [0.1, 0.15) is 5.75 Å². The first kappa shape index (κ1) is 24.9. The SMILES string of the molecule is COC(=O)Oc1ccc2[nH]cc(C3CCN(CCCCc4c[nH]c5ccc(C(=O)OC)cc45)CC3)c2c1. The number of methoxy groups -OCH3 is 2. The summed E-state index contributed by atoms with van der Waals surface area (Å²) in [5, 5.41) is 2.21. The van der Waals surface area contributed by atoms with Crippen LogP contribution in [0.3, 0.4) is 0 Å². The van der Waals surface area contributed by atoms with Gasteiger partial charge in [0.15, 0.2) is 0 Å². The van der Waals surface area contributed by atoms with Crippen LogP contribution in [0, 0.1) is 0 Å². The minimum Gasteiger partial charge on any atom is -0.465 e. The van der Waals surface area contributed by atoms with Gasteiger partial charge in [-0.1, -0.05) is 0 Å². The Hall–Kier alpha value is -3.78. The molecule has 0 atom stereocenters. The van der Waals surface area contributed by atoms with Crippen molar-refractivity contribution in [2.24, 2.45) is 0 Å². The Bertz CT molecular complexity index is 1400. The smallest absolute Gasteiger partial charge is 0.465 e. The summed E-state index contributed by atoms with van der Waals surface area (Å²) in [5.41, 5.74) is 5.21. The summed E-state index contributed by atoms with van der Waals surface area (Å²) in [6.45, 7) is 3.24. The minimum absolute atomic E-state index is 0.306. The molecule has 37 heavy (non-hydrogen) atoms. The molecular weight excluding hydrogens is 470 g/mol. The van der Waals surface area contributed by atoms with E-state index in [1.54, 1.807) is 12.1 Å². The Balaban J connectivity index is 1.12. The Kier molecular flexibility index (Phi) is 7.46. The summed E-state index contributed by atoms with van der Waals surface area (Å²) in [5.74, 6) is 0.669. The zero-order chi connectivity index (χ0) is 25.8. The molecule has 0 saturated carbocycles. The lowest BCUT2D eigenvalue weighted by molar-refractivity contribution is 0.0601. The molecule has 2 aromatic heterocycles. The summed E-state index contributed by atoms with van der Waals surface area (Å²) >= 11 is 0. The lowest BCUT2D eigenvalue weighted by Gasteiger charge is -2.32. The second-order valence-electron chi connectivity index (χ2n) is 9.65. The lowest BCUT2D eigenvalue weighted by Crippen LogP contribution is -2.33. The number of carbonyl (C=O) groups excluding carboxylic acids is 2. The quantitative estimate of drug-likeness (QED) is 0.180. The second-order valence-corrected chi connectivity index (χ2v) is 9.65. The highest BCUT2D eigenvalue weighted by Gasteiger charge is 2.23. The topological polar surface area (TPSA) is 96.6 Å². The normalized spacial score (nSPS) is 14.8. The number of unbranched alkanes of at least 4 members (excludes halogenated alkanes) is 1. The van der Waals surface area contributed by atoms with Gasteiger partial charge in [-0.3, -0.25) is 0 Å². The van der Waals surface area contributed by atoms with Crippen molar-refractivity contribution in [1.29, 1.82) is 0 Å². The van der Waals surface area contributed by atoms with E-state index < -0.39 is 6.16 Å². The largest absolute Gasteiger partial charge is 0.513 e. The Morgan fingerprint density at radius 3 is 2.46 bits per heavy atom. The highest BCUT2D eigenvalue weighted by molar-refractivity contribution is 5.95. The molecule has 0 bridgehead atoms. The fourth-order valence-electron chi connectivity index (χ4n) is 5.41. The number of aromatic amines is 2. The van der Waals surface area contributed by atoms with Gasteiger partial charge in [-0.15, -0.1) is 0 Å². The first-order valence-electron chi connectivity index (χ1n) is 12.8. The van der Waals surface area contributed by atoms with E-state index in [1.165, 1.54) is 25.3 Å². The zero-order valence-electron chi connectivity index (χ0n) is 21.3. The van der Waals surface area contributed by atoms with Crippen molar-refractivity contribution in [2.45, 2.75) is 38.0 Å². The van der Waals surface area contributed by atoms with Crippen LogP contribution in [-0.2, 0) is 15.9 Å². The van der Waals surface area contributed by atoms with Gasteiger partial charge in [-0.25, -0.2) is 9.59 Å². The number of aryl methyl sites for hydroxylation is 1. The highest BCUT2D eigenvalue weighted by atomic mass is 16.7. The second kappa shape index (κ2) is 11.1. The number of benzene rings is 2. The third-order valence-corrected chi connectivity index (χ3v) is 7.44. The van der Waals surface area contributed by atoms with Crippen LogP contribution < -0.4 is 4.74 Å². The molecule has 1 saturated heterocycles. The molecule has 5 rings (SSSR count). The molecule has 4 aromatic rings. The number of rotatable bonds is 8. The van der Waals surface area contributed by atoms with Gasteiger partial charge in [0.25, 0.3) is 0 Å². The first-order chi connectivity index (χ1) is 18.1. The number of fused-ring (bicyclic) bond motifs is 2. The number of piperidine rings is 1. The van der Waals surface area contributed by atoms with Crippen LogP contribution in [0.5, 0.6) is 5.75 Å². The van der Waals surface area contributed by atoms with Crippen LogP contribution in [0.25, 0.3) is 21.8 Å². The molecule has 2 aromatic carbocycles. The molecule has 0 spiro atoms. The van der Waals surface area contributed by atoms with Gasteiger partial charge >= 0.3 is 12.1 Å². The molecule has 8 nitrogen and oxygen atoms in total. The van der Waals surface area contributed by atoms with E-state index in [4.69, 9.17) is 9.47 Å². The maximum atomic E-state index is 11.9. The molecule has 0 radical (unpaired) electrons. The minimum atomic E-state index is -0.708. The third-order valence-electron chi connectivity index (χ3n) is 7.44. The Labute approximate surface area is 215 Å². The number of esters is 1. The predicted molar refractivity (Wildman–Crippen MR) is 142 cm³/mol. The van der Waals surface area contributed by atoms with Gasteiger partial charge in [-0.2, -0.15) is 0 Å². The number of H-pyrrole nitrogens is 2. The highest BCUT2D eigenvalue weighted by Crippen LogP contribution is 2.35. The molecule has 194 valence electrons. The molecule has 1 fully saturated rings. The van der Waals surface area contributed by atoms with Crippen LogP contribution >= 0.6 is 0 Å². The van der Waals surface area contributed by atoms with E-state index in [-0.39, 0.29) is 5.97 Å². The number of nitrogens with one attached hydrogen (secondary N) is 2. The number of carbonyl (C=O) groups is 2. The number of aromatic nitrogens is 2. The standard InChI is InChI=1S/C29H33N3O5/c1-35-28(33)20-6-8-26-23(15-20)21(17-30-26)5-3-4-12-32-13-10-19(11-14-32)25-18-31-27-9-7-22(16-24(25)27)37-29(34)36-2/h6-9,15-19,30-31H,3-5,10-14H2,1-2H3. The van der Waals surface area contributed by atoms with Gasteiger partial charge in [0, 0.05) is 34.2 Å². The van der Waals surface area contributed by atoms with Crippen LogP contribution in [0.2, 0.25) is 0 Å². The van der Waals surface area contributed by atoms with E-state index >= 15 is 0 Å². The fraction of sp³-hybridized carbons (Fsp3) is 0.379. The molecule has 1 aliphatic rings. The molecule has 1 aliphatic heterocycles. The molecule has 3 heterocycles. The van der Waals surface area contributed by atoms with Crippen LogP contribution in [0.15, 0.2) is 48.8 Å². The number of hydrogen-bond acceptors (Lipinski definition) is 6. The average Bonchev–Trinajstić information content (AvgIpc) is 3.54. The molecular formula is C29H33N3O5. The lowest BCUT2D eigenvalue weighted by atomic mass is 9.89. The van der Waals surface area contributed by atoms with Crippen molar-refractivity contribution < 1.29 is 23.8 Å². The number of hydrogen-bond donors (Lipinski definition) is 2. The first-order valence-corrected chi connectivity index (χ1v) is 12.8. The number of ether oxygens (including phenoxy) is 3. The van der Waals surface area contributed by atoms with Crippen molar-refractivity contribution >= 4 is 33.9 Å². The van der Waals surface area contributed by atoms with Crippen molar-refractivity contribution in [3.63, 3.8) is 0 Å². The van der Waals surface area contributed by atoms with E-state index in [0.717, 1.165) is 73.5 Å². The third kappa shape index (κ3) is 5.49. The van der Waals surface area contributed by atoms with Crippen molar-refractivity contribution in [3.05, 3.63) is 65.5 Å². The van der Waals surface area contributed by atoms with Gasteiger partial charge in [0.2, 0.25) is 0 Å². The van der Waals surface area contributed by atoms with Gasteiger partial charge < -0.3 is 29.1 Å². The summed E-state index contributed by atoms with van der Waals surface area (Å²) < 4.78 is 14.7. The molecule has 0 aliphatic carbocycles. The van der Waals surface area contributed by atoms with Crippen LogP contribution in [0.4, 0.5) is 4.79 Å². The van der Waals surface area contributed by atoms with E-state index in [0.29, 0.717) is 17.2 Å². The Morgan fingerprint density at radius 2 is 1.68 bits per heavy atom. The summed E-state index contributed by atoms with van der Waals surface area (Å²) in [4.78, 5) is 32.6. The van der Waals surface area contributed by atoms with Crippen LogP contribution in [-0.4, -0.2) is 60.8 Å². The number of likely N-dealkylation sites (tertiary alicyclic amines) is 1. The van der Waals surface area contributed by atoms with Gasteiger partial charge in [-0.05, 0) is 105 Å². The van der Waals surface area contributed by atoms with Crippen molar-refractivity contribution in [2.75, 3.05) is 33.9 Å². The van der Waals surface area contributed by atoms with Crippen molar-refractivity contribution in [3.8, 4) is 5.75 Å².